The van der Waals surface area contributed by atoms with Crippen molar-refractivity contribution in [1.82, 2.24) is 9.21 Å². The third kappa shape index (κ3) is 5.21. The van der Waals surface area contributed by atoms with E-state index >= 15 is 0 Å². The molecular formula is C21H25FN2O5S. The van der Waals surface area contributed by atoms with E-state index in [2.05, 4.69) is 4.90 Å². The SMILES string of the molecule is O=S(=O)(CCCOc1ccc(F)cc1)N1CCN(Cc2ccc3c(c2)OCO3)CC1. The first-order chi connectivity index (χ1) is 14.5. The Morgan fingerprint density at radius 2 is 1.70 bits per heavy atom. The smallest absolute Gasteiger partial charge is 0.231 e. The minimum Gasteiger partial charge on any atom is -0.494 e. The highest BCUT2D eigenvalue weighted by Crippen LogP contribution is 2.32. The van der Waals surface area contributed by atoms with Gasteiger partial charge < -0.3 is 14.2 Å². The van der Waals surface area contributed by atoms with E-state index in [1.807, 2.05) is 18.2 Å². The third-order valence-electron chi connectivity index (χ3n) is 5.20. The molecule has 2 aromatic carbocycles. The van der Waals surface area contributed by atoms with Crippen LogP contribution in [-0.2, 0) is 16.6 Å². The molecule has 2 heterocycles. The fraction of sp³-hybridized carbons (Fsp3) is 0.429. The molecule has 0 aliphatic carbocycles. The van der Waals surface area contributed by atoms with Crippen LogP contribution in [0.5, 0.6) is 17.2 Å². The highest BCUT2D eigenvalue weighted by atomic mass is 32.2. The summed E-state index contributed by atoms with van der Waals surface area (Å²) < 4.78 is 55.9. The van der Waals surface area contributed by atoms with E-state index in [9.17, 15) is 12.8 Å². The quantitative estimate of drug-likeness (QED) is 0.593. The lowest BCUT2D eigenvalue weighted by Gasteiger charge is -2.34. The molecule has 0 spiro atoms. The van der Waals surface area contributed by atoms with Gasteiger partial charge in [0.1, 0.15) is 11.6 Å². The number of fused-ring (bicyclic) bond motifs is 1. The first-order valence-electron chi connectivity index (χ1n) is 9.97. The van der Waals surface area contributed by atoms with E-state index in [-0.39, 0.29) is 25.0 Å². The molecule has 7 nitrogen and oxygen atoms in total. The molecular weight excluding hydrogens is 411 g/mol. The van der Waals surface area contributed by atoms with Crippen molar-refractivity contribution in [2.45, 2.75) is 13.0 Å². The monoisotopic (exact) mass is 436 g/mol. The van der Waals surface area contributed by atoms with Crippen molar-refractivity contribution in [3.05, 3.63) is 53.8 Å². The van der Waals surface area contributed by atoms with E-state index in [1.54, 1.807) is 4.31 Å². The predicted molar refractivity (Wildman–Crippen MR) is 110 cm³/mol. The molecule has 0 unspecified atom stereocenters. The Morgan fingerprint density at radius 3 is 2.47 bits per heavy atom. The molecule has 1 fully saturated rings. The van der Waals surface area contributed by atoms with E-state index in [1.165, 1.54) is 24.3 Å². The molecule has 4 rings (SSSR count). The Morgan fingerprint density at radius 1 is 0.967 bits per heavy atom. The van der Waals surface area contributed by atoms with E-state index in [4.69, 9.17) is 14.2 Å². The van der Waals surface area contributed by atoms with Crippen LogP contribution in [0.1, 0.15) is 12.0 Å². The molecule has 9 heteroatoms. The lowest BCUT2D eigenvalue weighted by Crippen LogP contribution is -2.48. The van der Waals surface area contributed by atoms with Gasteiger partial charge in [0, 0.05) is 32.7 Å². The second kappa shape index (κ2) is 9.20. The van der Waals surface area contributed by atoms with Gasteiger partial charge in [0.2, 0.25) is 16.8 Å². The van der Waals surface area contributed by atoms with Crippen LogP contribution in [-0.4, -0.2) is 63.0 Å². The van der Waals surface area contributed by atoms with Gasteiger partial charge in [-0.05, 0) is 48.4 Å². The zero-order valence-electron chi connectivity index (χ0n) is 16.6. The number of hydrogen-bond acceptors (Lipinski definition) is 6. The summed E-state index contributed by atoms with van der Waals surface area (Å²) in [6.45, 7) is 3.59. The average Bonchev–Trinajstić information content (AvgIpc) is 3.21. The van der Waals surface area contributed by atoms with Gasteiger partial charge in [0.25, 0.3) is 0 Å². The highest BCUT2D eigenvalue weighted by molar-refractivity contribution is 7.89. The van der Waals surface area contributed by atoms with Gasteiger partial charge in [0.05, 0.1) is 12.4 Å². The zero-order chi connectivity index (χ0) is 21.0. The van der Waals surface area contributed by atoms with Gasteiger partial charge in [-0.3, -0.25) is 4.90 Å². The van der Waals surface area contributed by atoms with Crippen LogP contribution in [0.25, 0.3) is 0 Å². The van der Waals surface area contributed by atoms with Gasteiger partial charge in [-0.1, -0.05) is 6.07 Å². The van der Waals surface area contributed by atoms with Crippen LogP contribution in [0.3, 0.4) is 0 Å². The minimum atomic E-state index is -3.32. The normalized spacial score (nSPS) is 17.2. The Kier molecular flexibility index (Phi) is 6.40. The number of hydrogen-bond donors (Lipinski definition) is 0. The standard InChI is InChI=1S/C21H25FN2O5S/c22-18-3-5-19(6-4-18)27-12-1-13-30(25,26)24-10-8-23(9-11-24)15-17-2-7-20-21(14-17)29-16-28-20/h2-7,14H,1,8-13,15-16H2. The van der Waals surface area contributed by atoms with Crippen LogP contribution in [0.2, 0.25) is 0 Å². The van der Waals surface area contributed by atoms with Crippen molar-refractivity contribution in [2.24, 2.45) is 0 Å². The van der Waals surface area contributed by atoms with Crippen molar-refractivity contribution in [3.63, 3.8) is 0 Å². The molecule has 162 valence electrons. The molecule has 0 aromatic heterocycles. The molecule has 30 heavy (non-hydrogen) atoms. The summed E-state index contributed by atoms with van der Waals surface area (Å²) in [5.41, 5.74) is 1.12. The molecule has 1 saturated heterocycles. The Hall–Kier alpha value is -2.36. The highest BCUT2D eigenvalue weighted by Gasteiger charge is 2.26. The molecule has 2 aliphatic heterocycles. The average molecular weight is 437 g/mol. The van der Waals surface area contributed by atoms with Crippen molar-refractivity contribution in [2.75, 3.05) is 45.3 Å². The second-order valence-corrected chi connectivity index (χ2v) is 9.42. The summed E-state index contributed by atoms with van der Waals surface area (Å²) in [7, 11) is -3.32. The number of halogens is 1. The van der Waals surface area contributed by atoms with Gasteiger partial charge in [-0.2, -0.15) is 4.31 Å². The molecule has 0 atom stereocenters. The van der Waals surface area contributed by atoms with Crippen molar-refractivity contribution < 1.29 is 27.0 Å². The molecule has 0 bridgehead atoms. The maximum Gasteiger partial charge on any atom is 0.231 e. The van der Waals surface area contributed by atoms with E-state index in [0.717, 1.165) is 23.6 Å². The minimum absolute atomic E-state index is 0.0381. The van der Waals surface area contributed by atoms with Crippen LogP contribution in [0, 0.1) is 5.82 Å². The number of sulfonamides is 1. The molecule has 2 aromatic rings. The second-order valence-electron chi connectivity index (χ2n) is 7.33. The van der Waals surface area contributed by atoms with Gasteiger partial charge >= 0.3 is 0 Å². The maximum absolute atomic E-state index is 12.9. The summed E-state index contributed by atoms with van der Waals surface area (Å²) in [6.07, 6.45) is 0.386. The Balaban J connectivity index is 1.20. The fourth-order valence-electron chi connectivity index (χ4n) is 3.55. The van der Waals surface area contributed by atoms with Crippen molar-refractivity contribution in [1.29, 1.82) is 0 Å². The van der Waals surface area contributed by atoms with Crippen LogP contribution < -0.4 is 14.2 Å². The fourth-order valence-corrected chi connectivity index (χ4v) is 5.02. The summed E-state index contributed by atoms with van der Waals surface area (Å²) in [4.78, 5) is 2.24. The molecule has 0 amide bonds. The number of rotatable bonds is 8. The zero-order valence-corrected chi connectivity index (χ0v) is 17.4. The first-order valence-corrected chi connectivity index (χ1v) is 11.6. The predicted octanol–water partition coefficient (Wildman–Crippen LogP) is 2.47. The maximum atomic E-state index is 12.9. The van der Waals surface area contributed by atoms with Gasteiger partial charge in [-0.25, -0.2) is 12.8 Å². The molecule has 0 radical (unpaired) electrons. The van der Waals surface area contributed by atoms with Crippen molar-refractivity contribution >= 4 is 10.0 Å². The summed E-state index contributed by atoms with van der Waals surface area (Å²) >= 11 is 0. The largest absolute Gasteiger partial charge is 0.494 e. The van der Waals surface area contributed by atoms with Crippen molar-refractivity contribution in [3.8, 4) is 17.2 Å². The van der Waals surface area contributed by atoms with Crippen LogP contribution in [0.4, 0.5) is 4.39 Å². The summed E-state index contributed by atoms with van der Waals surface area (Å²) in [5.74, 6) is 1.76. The lowest BCUT2D eigenvalue weighted by atomic mass is 10.2. The molecule has 0 saturated carbocycles. The third-order valence-corrected chi connectivity index (χ3v) is 7.15. The van der Waals surface area contributed by atoms with Gasteiger partial charge in [-0.15, -0.1) is 0 Å². The Labute approximate surface area is 176 Å². The lowest BCUT2D eigenvalue weighted by molar-refractivity contribution is 0.173. The van der Waals surface area contributed by atoms with Gasteiger partial charge in [0.15, 0.2) is 11.5 Å². The number of piperazine rings is 1. The first kappa shape index (κ1) is 20.9. The summed E-state index contributed by atoms with van der Waals surface area (Å²) in [6, 6.07) is 11.6. The van der Waals surface area contributed by atoms with Crippen LogP contribution >= 0.6 is 0 Å². The van der Waals surface area contributed by atoms with Crippen LogP contribution in [0.15, 0.2) is 42.5 Å². The number of ether oxygens (including phenoxy) is 3. The number of benzene rings is 2. The molecule has 0 N–H and O–H groups in total. The number of nitrogens with zero attached hydrogens (tertiary/aromatic N) is 2. The Bertz CT molecular complexity index is 960. The molecule has 2 aliphatic rings. The van der Waals surface area contributed by atoms with E-state index in [0.29, 0.717) is 38.3 Å². The topological polar surface area (TPSA) is 68.3 Å². The summed E-state index contributed by atoms with van der Waals surface area (Å²) in [5, 5.41) is 0. The van der Waals surface area contributed by atoms with E-state index < -0.39 is 10.0 Å².